The minimum absolute atomic E-state index is 0.114. The average Bonchev–Trinajstić information content (AvgIpc) is 2.70. The van der Waals surface area contributed by atoms with Crippen molar-refractivity contribution in [3.63, 3.8) is 0 Å². The van der Waals surface area contributed by atoms with E-state index in [0.717, 1.165) is 18.4 Å². The Labute approximate surface area is 100 Å². The average molecular weight is 225 g/mol. The summed E-state index contributed by atoms with van der Waals surface area (Å²) in [6.07, 6.45) is 6.79. The van der Waals surface area contributed by atoms with Gasteiger partial charge in [0.1, 0.15) is 0 Å². The number of rotatable bonds is 3. The fraction of sp³-hybridized carbons (Fsp3) is 1.00. The summed E-state index contributed by atoms with van der Waals surface area (Å²) in [5.74, 6) is 2.42. The van der Waals surface area contributed by atoms with Crippen molar-refractivity contribution in [2.45, 2.75) is 52.1 Å². The fourth-order valence-corrected chi connectivity index (χ4v) is 3.30. The van der Waals surface area contributed by atoms with E-state index in [1.807, 2.05) is 6.92 Å². The van der Waals surface area contributed by atoms with Gasteiger partial charge in [-0.25, -0.2) is 0 Å². The van der Waals surface area contributed by atoms with Crippen molar-refractivity contribution in [1.82, 2.24) is 4.90 Å². The first-order chi connectivity index (χ1) is 7.65. The van der Waals surface area contributed by atoms with Gasteiger partial charge in [0.25, 0.3) is 0 Å². The smallest absolute Gasteiger partial charge is 0.0552 e. The first-order valence-electron chi connectivity index (χ1n) is 7.05. The molecule has 1 heterocycles. The Balaban J connectivity index is 1.71. The lowest BCUT2D eigenvalue weighted by Gasteiger charge is -2.29. The van der Waals surface area contributed by atoms with Crippen LogP contribution in [-0.2, 0) is 0 Å². The van der Waals surface area contributed by atoms with E-state index in [0.29, 0.717) is 5.92 Å². The van der Waals surface area contributed by atoms with Crippen LogP contribution in [0, 0.1) is 17.8 Å². The van der Waals surface area contributed by atoms with E-state index in [9.17, 15) is 5.11 Å². The number of likely N-dealkylation sites (tertiary alicyclic amines) is 1. The molecule has 2 nitrogen and oxygen atoms in total. The highest BCUT2D eigenvalue weighted by atomic mass is 16.3. The van der Waals surface area contributed by atoms with Crippen molar-refractivity contribution < 1.29 is 5.11 Å². The van der Waals surface area contributed by atoms with Crippen LogP contribution in [0.15, 0.2) is 0 Å². The van der Waals surface area contributed by atoms with Gasteiger partial charge in [-0.1, -0.05) is 19.8 Å². The maximum Gasteiger partial charge on any atom is 0.0552 e. The molecular formula is C14H27NO. The SMILES string of the molecule is CC1CCC(CN2CCC(C(C)O)C2)CC1. The second-order valence-corrected chi connectivity index (χ2v) is 6.17. The maximum atomic E-state index is 9.58. The molecule has 2 atom stereocenters. The zero-order valence-corrected chi connectivity index (χ0v) is 10.9. The molecule has 0 aromatic rings. The summed E-state index contributed by atoms with van der Waals surface area (Å²) in [4.78, 5) is 2.58. The van der Waals surface area contributed by atoms with Crippen molar-refractivity contribution in [2.75, 3.05) is 19.6 Å². The zero-order chi connectivity index (χ0) is 11.5. The molecule has 0 aromatic carbocycles. The molecule has 1 aliphatic carbocycles. The molecule has 1 saturated heterocycles. The van der Waals surface area contributed by atoms with E-state index in [4.69, 9.17) is 0 Å². The number of aliphatic hydroxyl groups excluding tert-OH is 1. The summed E-state index contributed by atoms with van der Waals surface area (Å²) in [6, 6.07) is 0. The van der Waals surface area contributed by atoms with Gasteiger partial charge >= 0.3 is 0 Å². The molecule has 0 aromatic heterocycles. The van der Waals surface area contributed by atoms with Gasteiger partial charge in [-0.2, -0.15) is 0 Å². The second-order valence-electron chi connectivity index (χ2n) is 6.17. The molecule has 1 aliphatic heterocycles. The molecule has 2 rings (SSSR count). The quantitative estimate of drug-likeness (QED) is 0.798. The minimum Gasteiger partial charge on any atom is -0.393 e. The Morgan fingerprint density at radius 1 is 1.19 bits per heavy atom. The number of aliphatic hydroxyl groups is 1. The van der Waals surface area contributed by atoms with Crippen LogP contribution in [0.25, 0.3) is 0 Å². The first kappa shape index (κ1) is 12.4. The van der Waals surface area contributed by atoms with Crippen LogP contribution in [0.1, 0.15) is 46.0 Å². The van der Waals surface area contributed by atoms with Gasteiger partial charge < -0.3 is 10.0 Å². The molecular weight excluding hydrogens is 198 g/mol. The van der Waals surface area contributed by atoms with E-state index in [1.165, 1.54) is 45.2 Å². The Morgan fingerprint density at radius 2 is 1.88 bits per heavy atom. The van der Waals surface area contributed by atoms with Crippen LogP contribution in [-0.4, -0.2) is 35.7 Å². The normalized spacial score (nSPS) is 38.8. The molecule has 16 heavy (non-hydrogen) atoms. The highest BCUT2D eigenvalue weighted by Crippen LogP contribution is 2.30. The van der Waals surface area contributed by atoms with Crippen molar-refractivity contribution in [3.05, 3.63) is 0 Å². The van der Waals surface area contributed by atoms with Crippen molar-refractivity contribution in [1.29, 1.82) is 0 Å². The van der Waals surface area contributed by atoms with Gasteiger partial charge in [-0.3, -0.25) is 0 Å². The molecule has 2 heteroatoms. The largest absolute Gasteiger partial charge is 0.393 e. The minimum atomic E-state index is -0.114. The van der Waals surface area contributed by atoms with Crippen LogP contribution < -0.4 is 0 Å². The van der Waals surface area contributed by atoms with E-state index in [-0.39, 0.29) is 6.10 Å². The van der Waals surface area contributed by atoms with E-state index >= 15 is 0 Å². The molecule has 1 saturated carbocycles. The standard InChI is InChI=1S/C14H27NO/c1-11-3-5-13(6-4-11)9-15-8-7-14(10-15)12(2)16/h11-14,16H,3-10H2,1-2H3. The van der Waals surface area contributed by atoms with Gasteiger partial charge in [-0.05, 0) is 50.5 Å². The predicted octanol–water partition coefficient (Wildman–Crippen LogP) is 2.52. The number of nitrogens with zero attached hydrogens (tertiary/aromatic N) is 1. The van der Waals surface area contributed by atoms with E-state index in [1.54, 1.807) is 0 Å². The predicted molar refractivity (Wildman–Crippen MR) is 67.3 cm³/mol. The van der Waals surface area contributed by atoms with E-state index < -0.39 is 0 Å². The van der Waals surface area contributed by atoms with Crippen molar-refractivity contribution in [3.8, 4) is 0 Å². The van der Waals surface area contributed by atoms with Gasteiger partial charge in [-0.15, -0.1) is 0 Å². The molecule has 2 unspecified atom stereocenters. The van der Waals surface area contributed by atoms with Gasteiger partial charge in [0.05, 0.1) is 6.10 Å². The highest BCUT2D eigenvalue weighted by Gasteiger charge is 2.28. The van der Waals surface area contributed by atoms with Gasteiger partial charge in [0.2, 0.25) is 0 Å². The Bertz CT molecular complexity index is 209. The maximum absolute atomic E-state index is 9.58. The van der Waals surface area contributed by atoms with Gasteiger partial charge in [0, 0.05) is 13.1 Å². The third-order valence-electron chi connectivity index (χ3n) is 4.64. The highest BCUT2D eigenvalue weighted by molar-refractivity contribution is 4.81. The summed E-state index contributed by atoms with van der Waals surface area (Å²) >= 11 is 0. The summed E-state index contributed by atoms with van der Waals surface area (Å²) in [6.45, 7) is 7.95. The molecule has 2 aliphatic rings. The third kappa shape index (κ3) is 3.21. The lowest BCUT2D eigenvalue weighted by Crippen LogP contribution is -2.31. The summed E-state index contributed by atoms with van der Waals surface area (Å²) in [5, 5.41) is 9.58. The zero-order valence-electron chi connectivity index (χ0n) is 10.9. The van der Waals surface area contributed by atoms with Crippen LogP contribution >= 0.6 is 0 Å². The number of hydrogen-bond acceptors (Lipinski definition) is 2. The summed E-state index contributed by atoms with van der Waals surface area (Å²) < 4.78 is 0. The first-order valence-corrected chi connectivity index (χ1v) is 7.05. The molecule has 2 fully saturated rings. The Morgan fingerprint density at radius 3 is 2.44 bits per heavy atom. The lowest BCUT2D eigenvalue weighted by molar-refractivity contribution is 0.123. The van der Waals surface area contributed by atoms with Crippen molar-refractivity contribution in [2.24, 2.45) is 17.8 Å². The summed E-state index contributed by atoms with van der Waals surface area (Å²) in [5.41, 5.74) is 0. The molecule has 1 N–H and O–H groups in total. The van der Waals surface area contributed by atoms with Crippen LogP contribution in [0.4, 0.5) is 0 Å². The monoisotopic (exact) mass is 225 g/mol. The molecule has 0 radical (unpaired) electrons. The lowest BCUT2D eigenvalue weighted by atomic mass is 9.83. The molecule has 0 bridgehead atoms. The topological polar surface area (TPSA) is 23.5 Å². The molecule has 0 spiro atoms. The second kappa shape index (κ2) is 5.50. The Kier molecular flexibility index (Phi) is 4.26. The summed E-state index contributed by atoms with van der Waals surface area (Å²) in [7, 11) is 0. The van der Waals surface area contributed by atoms with Crippen LogP contribution in [0.3, 0.4) is 0 Å². The van der Waals surface area contributed by atoms with Gasteiger partial charge in [0.15, 0.2) is 0 Å². The third-order valence-corrected chi connectivity index (χ3v) is 4.64. The van der Waals surface area contributed by atoms with Crippen LogP contribution in [0.5, 0.6) is 0 Å². The molecule has 0 amide bonds. The Hall–Kier alpha value is -0.0800. The fourth-order valence-electron chi connectivity index (χ4n) is 3.30. The van der Waals surface area contributed by atoms with Crippen LogP contribution in [0.2, 0.25) is 0 Å². The number of hydrogen-bond donors (Lipinski definition) is 1. The van der Waals surface area contributed by atoms with E-state index in [2.05, 4.69) is 11.8 Å². The molecule has 94 valence electrons. The van der Waals surface area contributed by atoms with Crippen molar-refractivity contribution >= 4 is 0 Å².